The van der Waals surface area contributed by atoms with Crippen molar-refractivity contribution in [2.24, 2.45) is 11.1 Å². The fourth-order valence-corrected chi connectivity index (χ4v) is 1.66. The number of nitrogens with zero attached hydrogens (tertiary/aromatic N) is 1. The van der Waals surface area contributed by atoms with E-state index in [0.29, 0.717) is 18.9 Å². The molecule has 0 aromatic carbocycles. The topological polar surface area (TPSA) is 50.9 Å². The SMILES string of the molecule is CC(C)(CCCN)CNc1ccc(C(F)(F)F)cn1. The fourth-order valence-electron chi connectivity index (χ4n) is 1.66. The van der Waals surface area contributed by atoms with Crippen LogP contribution in [0.25, 0.3) is 0 Å². The summed E-state index contributed by atoms with van der Waals surface area (Å²) in [6, 6.07) is 2.38. The van der Waals surface area contributed by atoms with Crippen LogP contribution in [0.3, 0.4) is 0 Å². The maximum absolute atomic E-state index is 12.4. The fraction of sp³-hybridized carbons (Fsp3) is 0.615. The lowest BCUT2D eigenvalue weighted by molar-refractivity contribution is -0.137. The van der Waals surface area contributed by atoms with Crippen LogP contribution in [0.5, 0.6) is 0 Å². The molecule has 3 nitrogen and oxygen atoms in total. The van der Waals surface area contributed by atoms with E-state index >= 15 is 0 Å². The summed E-state index contributed by atoms with van der Waals surface area (Å²) in [6.07, 6.45) is -1.62. The molecular formula is C13H20F3N3. The van der Waals surface area contributed by atoms with Gasteiger partial charge in [0.1, 0.15) is 5.82 Å². The van der Waals surface area contributed by atoms with E-state index in [2.05, 4.69) is 24.1 Å². The first-order chi connectivity index (χ1) is 8.74. The Morgan fingerprint density at radius 1 is 1.26 bits per heavy atom. The third-order valence-corrected chi connectivity index (χ3v) is 2.90. The third-order valence-electron chi connectivity index (χ3n) is 2.90. The van der Waals surface area contributed by atoms with E-state index in [4.69, 9.17) is 5.73 Å². The molecule has 108 valence electrons. The zero-order chi connectivity index (χ0) is 14.5. The highest BCUT2D eigenvalue weighted by molar-refractivity contribution is 5.36. The molecule has 19 heavy (non-hydrogen) atoms. The second-order valence-corrected chi connectivity index (χ2v) is 5.34. The maximum Gasteiger partial charge on any atom is 0.417 e. The minimum atomic E-state index is -4.34. The van der Waals surface area contributed by atoms with E-state index in [-0.39, 0.29) is 5.41 Å². The minimum Gasteiger partial charge on any atom is -0.370 e. The molecule has 0 aliphatic rings. The Kier molecular flexibility index (Phi) is 5.17. The van der Waals surface area contributed by atoms with Crippen LogP contribution in [0, 0.1) is 5.41 Å². The molecule has 0 bridgehead atoms. The lowest BCUT2D eigenvalue weighted by Crippen LogP contribution is -2.24. The molecule has 0 aliphatic carbocycles. The van der Waals surface area contributed by atoms with Gasteiger partial charge in [-0.05, 0) is 36.9 Å². The van der Waals surface area contributed by atoms with Gasteiger partial charge in [0.25, 0.3) is 0 Å². The average Bonchev–Trinajstić information content (AvgIpc) is 2.34. The standard InChI is InChI=1S/C13H20F3N3/c1-12(2,6-3-7-17)9-19-11-5-4-10(8-18-11)13(14,15)16/h4-5,8H,3,6-7,9,17H2,1-2H3,(H,18,19). The molecular weight excluding hydrogens is 255 g/mol. The van der Waals surface area contributed by atoms with Crippen LogP contribution in [0.4, 0.5) is 19.0 Å². The predicted octanol–water partition coefficient (Wildman–Crippen LogP) is 3.28. The number of nitrogens with two attached hydrogens (primary N) is 1. The van der Waals surface area contributed by atoms with Crippen molar-refractivity contribution in [3.05, 3.63) is 23.9 Å². The molecule has 1 rings (SSSR count). The molecule has 0 unspecified atom stereocenters. The lowest BCUT2D eigenvalue weighted by Gasteiger charge is -2.25. The normalized spacial score (nSPS) is 12.5. The van der Waals surface area contributed by atoms with Crippen LogP contribution in [0.2, 0.25) is 0 Å². The molecule has 0 amide bonds. The molecule has 1 aromatic heterocycles. The Bertz CT molecular complexity index is 385. The summed E-state index contributed by atoms with van der Waals surface area (Å²) in [7, 11) is 0. The van der Waals surface area contributed by atoms with E-state index in [1.807, 2.05) is 0 Å². The smallest absolute Gasteiger partial charge is 0.370 e. The number of anilines is 1. The first-order valence-corrected chi connectivity index (χ1v) is 6.22. The highest BCUT2D eigenvalue weighted by Crippen LogP contribution is 2.29. The Labute approximate surface area is 111 Å². The van der Waals surface area contributed by atoms with Crippen molar-refractivity contribution in [2.45, 2.75) is 32.9 Å². The van der Waals surface area contributed by atoms with Crippen molar-refractivity contribution in [1.82, 2.24) is 4.98 Å². The van der Waals surface area contributed by atoms with Gasteiger partial charge in [-0.25, -0.2) is 4.98 Å². The van der Waals surface area contributed by atoms with Gasteiger partial charge in [0.2, 0.25) is 0 Å². The molecule has 1 heterocycles. The zero-order valence-corrected chi connectivity index (χ0v) is 11.2. The summed E-state index contributed by atoms with van der Waals surface area (Å²) in [6.45, 7) is 5.45. The first-order valence-electron chi connectivity index (χ1n) is 6.22. The average molecular weight is 275 g/mol. The first kappa shape index (κ1) is 15.8. The number of hydrogen-bond acceptors (Lipinski definition) is 3. The summed E-state index contributed by atoms with van der Waals surface area (Å²) >= 11 is 0. The Morgan fingerprint density at radius 3 is 2.42 bits per heavy atom. The number of rotatable bonds is 6. The summed E-state index contributed by atoms with van der Waals surface area (Å²) < 4.78 is 37.1. The minimum absolute atomic E-state index is 0.0315. The van der Waals surface area contributed by atoms with E-state index < -0.39 is 11.7 Å². The zero-order valence-electron chi connectivity index (χ0n) is 11.2. The number of hydrogen-bond donors (Lipinski definition) is 2. The molecule has 0 atom stereocenters. The molecule has 0 saturated carbocycles. The number of halogens is 3. The molecule has 0 saturated heterocycles. The van der Waals surface area contributed by atoms with Gasteiger partial charge in [0.15, 0.2) is 0 Å². The van der Waals surface area contributed by atoms with Crippen LogP contribution in [-0.4, -0.2) is 18.1 Å². The van der Waals surface area contributed by atoms with Crippen molar-refractivity contribution in [3.8, 4) is 0 Å². The molecule has 0 radical (unpaired) electrons. The van der Waals surface area contributed by atoms with Crippen LogP contribution in [-0.2, 0) is 6.18 Å². The van der Waals surface area contributed by atoms with Crippen LogP contribution >= 0.6 is 0 Å². The number of pyridine rings is 1. The van der Waals surface area contributed by atoms with E-state index in [1.54, 1.807) is 0 Å². The highest BCUT2D eigenvalue weighted by atomic mass is 19.4. The number of nitrogens with one attached hydrogen (secondary N) is 1. The third kappa shape index (κ3) is 5.46. The molecule has 3 N–H and O–H groups in total. The number of alkyl halides is 3. The second kappa shape index (κ2) is 6.23. The van der Waals surface area contributed by atoms with Crippen molar-refractivity contribution in [3.63, 3.8) is 0 Å². The van der Waals surface area contributed by atoms with Crippen molar-refractivity contribution in [1.29, 1.82) is 0 Å². The monoisotopic (exact) mass is 275 g/mol. The van der Waals surface area contributed by atoms with Gasteiger partial charge in [-0.2, -0.15) is 13.2 Å². The van der Waals surface area contributed by atoms with Gasteiger partial charge in [0.05, 0.1) is 5.56 Å². The molecule has 0 aliphatic heterocycles. The Hall–Kier alpha value is -1.30. The van der Waals surface area contributed by atoms with E-state index in [0.717, 1.165) is 25.1 Å². The largest absolute Gasteiger partial charge is 0.417 e. The van der Waals surface area contributed by atoms with Crippen LogP contribution < -0.4 is 11.1 Å². The van der Waals surface area contributed by atoms with Crippen molar-refractivity contribution >= 4 is 5.82 Å². The van der Waals surface area contributed by atoms with Gasteiger partial charge >= 0.3 is 6.18 Å². The molecule has 1 aromatic rings. The van der Waals surface area contributed by atoms with Gasteiger partial charge < -0.3 is 11.1 Å². The van der Waals surface area contributed by atoms with E-state index in [1.165, 1.54) is 6.07 Å². The van der Waals surface area contributed by atoms with E-state index in [9.17, 15) is 13.2 Å². The lowest BCUT2D eigenvalue weighted by atomic mass is 9.88. The second-order valence-electron chi connectivity index (χ2n) is 5.34. The highest BCUT2D eigenvalue weighted by Gasteiger charge is 2.30. The van der Waals surface area contributed by atoms with Gasteiger partial charge in [-0.15, -0.1) is 0 Å². The maximum atomic E-state index is 12.4. The van der Waals surface area contributed by atoms with Crippen molar-refractivity contribution in [2.75, 3.05) is 18.4 Å². The van der Waals surface area contributed by atoms with Crippen LogP contribution in [0.1, 0.15) is 32.3 Å². The van der Waals surface area contributed by atoms with Gasteiger partial charge in [-0.1, -0.05) is 13.8 Å². The Morgan fingerprint density at radius 2 is 1.95 bits per heavy atom. The molecule has 0 fully saturated rings. The van der Waals surface area contributed by atoms with Gasteiger partial charge in [-0.3, -0.25) is 0 Å². The quantitative estimate of drug-likeness (QED) is 0.837. The molecule has 6 heteroatoms. The van der Waals surface area contributed by atoms with Crippen molar-refractivity contribution < 1.29 is 13.2 Å². The Balaban J connectivity index is 2.54. The summed E-state index contributed by atoms with van der Waals surface area (Å²) in [5.41, 5.74) is 4.76. The summed E-state index contributed by atoms with van der Waals surface area (Å²) in [5, 5.41) is 3.05. The summed E-state index contributed by atoms with van der Waals surface area (Å²) in [4.78, 5) is 3.77. The van der Waals surface area contributed by atoms with Crippen LogP contribution in [0.15, 0.2) is 18.3 Å². The molecule has 0 spiro atoms. The van der Waals surface area contributed by atoms with Gasteiger partial charge in [0, 0.05) is 12.7 Å². The summed E-state index contributed by atoms with van der Waals surface area (Å²) in [5.74, 6) is 0.453. The predicted molar refractivity (Wildman–Crippen MR) is 69.8 cm³/mol. The number of aromatic nitrogens is 1.